The smallest absolute Gasteiger partial charge is 0.390 e. The molecule has 0 aromatic carbocycles. The second kappa shape index (κ2) is 6.96. The van der Waals surface area contributed by atoms with Crippen molar-refractivity contribution < 1.29 is 27.8 Å². The number of rotatable bonds is 3. The molecule has 4 heterocycles. The molecule has 0 saturated carbocycles. The predicted octanol–water partition coefficient (Wildman–Crippen LogP) is 2.67. The highest BCUT2D eigenvalue weighted by molar-refractivity contribution is 6.31. The highest BCUT2D eigenvalue weighted by Crippen LogP contribution is 2.50. The van der Waals surface area contributed by atoms with Gasteiger partial charge in [-0.15, -0.1) is 0 Å². The Labute approximate surface area is 168 Å². The van der Waals surface area contributed by atoms with Crippen LogP contribution in [0.3, 0.4) is 0 Å². The van der Waals surface area contributed by atoms with Crippen molar-refractivity contribution in [2.45, 2.75) is 43.8 Å². The van der Waals surface area contributed by atoms with Crippen molar-refractivity contribution >= 4 is 23.3 Å². The average Bonchev–Trinajstić information content (AvgIpc) is 3.26. The van der Waals surface area contributed by atoms with Crippen molar-refractivity contribution in [3.05, 3.63) is 40.3 Å². The van der Waals surface area contributed by atoms with Gasteiger partial charge in [0.15, 0.2) is 0 Å². The summed E-state index contributed by atoms with van der Waals surface area (Å²) in [7, 11) is 1.74. The lowest BCUT2D eigenvalue weighted by Crippen LogP contribution is -2.41. The molecule has 2 aromatic heterocycles. The van der Waals surface area contributed by atoms with Gasteiger partial charge in [-0.3, -0.25) is 9.48 Å². The van der Waals surface area contributed by atoms with Crippen LogP contribution in [0.5, 0.6) is 0 Å². The monoisotopic (exact) mass is 430 g/mol. The van der Waals surface area contributed by atoms with Crippen molar-refractivity contribution in [1.82, 2.24) is 14.8 Å². The summed E-state index contributed by atoms with van der Waals surface area (Å²) in [5.41, 5.74) is 0.380. The molecule has 0 radical (unpaired) electrons. The summed E-state index contributed by atoms with van der Waals surface area (Å²) in [6.07, 6.45) is -3.63. The van der Waals surface area contributed by atoms with Crippen LogP contribution in [0.15, 0.2) is 18.5 Å². The molecule has 2 aliphatic heterocycles. The van der Waals surface area contributed by atoms with E-state index in [0.717, 1.165) is 11.8 Å². The Balaban J connectivity index is 1.63. The lowest BCUT2D eigenvalue weighted by atomic mass is 9.74. The van der Waals surface area contributed by atoms with Crippen molar-refractivity contribution in [3.8, 4) is 0 Å². The van der Waals surface area contributed by atoms with Crippen LogP contribution >= 0.6 is 11.6 Å². The van der Waals surface area contributed by atoms with Gasteiger partial charge in [0, 0.05) is 31.8 Å². The zero-order valence-electron chi connectivity index (χ0n) is 15.4. The molecule has 0 aliphatic carbocycles. The van der Waals surface area contributed by atoms with Crippen molar-refractivity contribution in [1.29, 1.82) is 0 Å². The standard InChI is InChI=1S/C18H18ClF3N4O3/c1-7-8(6-26(2)25-7)14-15(12-4-11(27)16(14)29-12)17(28)24-13-3-9(18(20,21)22)10(19)5-23-13/h3,5-6,11-12,14-16,27H,4H2,1-2H3,(H,23,24,28)/t11-,12+,14+,15-,16-/m0/s1. The number of carbonyl (C=O) groups is 1. The number of aromatic nitrogens is 3. The zero-order chi connectivity index (χ0) is 21.1. The van der Waals surface area contributed by atoms with Gasteiger partial charge < -0.3 is 15.2 Å². The highest BCUT2D eigenvalue weighted by Gasteiger charge is 2.57. The number of aliphatic hydroxyl groups is 1. The lowest BCUT2D eigenvalue weighted by molar-refractivity contribution is -0.137. The summed E-state index contributed by atoms with van der Waals surface area (Å²) in [6, 6.07) is 0.702. The quantitative estimate of drug-likeness (QED) is 0.781. The molecule has 11 heteroatoms. The van der Waals surface area contributed by atoms with Gasteiger partial charge in [-0.2, -0.15) is 18.3 Å². The maximum Gasteiger partial charge on any atom is 0.418 e. The molecule has 2 saturated heterocycles. The average molecular weight is 431 g/mol. The number of halogens is 4. The number of carbonyl (C=O) groups excluding carboxylic acids is 1. The molecule has 2 aliphatic rings. The van der Waals surface area contributed by atoms with Gasteiger partial charge in [-0.05, 0) is 18.6 Å². The van der Waals surface area contributed by atoms with E-state index in [9.17, 15) is 23.1 Å². The van der Waals surface area contributed by atoms with Crippen molar-refractivity contribution in [2.75, 3.05) is 5.32 Å². The van der Waals surface area contributed by atoms with Gasteiger partial charge in [0.05, 0.1) is 40.5 Å². The number of alkyl halides is 3. The Morgan fingerprint density at radius 3 is 2.79 bits per heavy atom. The van der Waals surface area contributed by atoms with Crippen LogP contribution in [0, 0.1) is 12.8 Å². The van der Waals surface area contributed by atoms with E-state index in [1.165, 1.54) is 0 Å². The Morgan fingerprint density at radius 2 is 2.17 bits per heavy atom. The molecule has 1 amide bonds. The van der Waals surface area contributed by atoms with Crippen LogP contribution in [0.2, 0.25) is 5.02 Å². The summed E-state index contributed by atoms with van der Waals surface area (Å²) in [6.45, 7) is 1.79. The minimum Gasteiger partial charge on any atom is -0.390 e. The molecule has 156 valence electrons. The summed E-state index contributed by atoms with van der Waals surface area (Å²) in [5.74, 6) is -1.94. The van der Waals surface area contributed by atoms with Crippen molar-refractivity contribution in [3.63, 3.8) is 0 Å². The third kappa shape index (κ3) is 3.49. The molecule has 5 atom stereocenters. The van der Waals surface area contributed by atoms with Crippen LogP contribution < -0.4 is 5.32 Å². The SMILES string of the molecule is Cc1nn(C)cc1[C@H]1[C@H]2O[C@H](C[C@@H]2O)[C@@H]1C(=O)Nc1cc(C(F)(F)F)c(Cl)cn1. The number of pyridine rings is 1. The van der Waals surface area contributed by atoms with E-state index >= 15 is 0 Å². The molecule has 0 unspecified atom stereocenters. The topological polar surface area (TPSA) is 89.3 Å². The molecule has 2 N–H and O–H groups in total. The fraction of sp³-hybridized carbons (Fsp3) is 0.500. The minimum atomic E-state index is -4.67. The fourth-order valence-electron chi connectivity index (χ4n) is 4.29. The minimum absolute atomic E-state index is 0.253. The number of hydrogen-bond acceptors (Lipinski definition) is 5. The molecule has 2 bridgehead atoms. The summed E-state index contributed by atoms with van der Waals surface area (Å²) in [4.78, 5) is 16.8. The molecule has 2 aromatic rings. The normalized spacial score (nSPS) is 28.7. The van der Waals surface area contributed by atoms with Gasteiger partial charge in [0.1, 0.15) is 5.82 Å². The molecular formula is C18H18ClF3N4O3. The summed E-state index contributed by atoms with van der Waals surface area (Å²) >= 11 is 5.58. The van der Waals surface area contributed by atoms with E-state index < -0.39 is 52.8 Å². The first-order valence-electron chi connectivity index (χ1n) is 8.93. The van der Waals surface area contributed by atoms with Crippen LogP contribution in [-0.2, 0) is 22.8 Å². The van der Waals surface area contributed by atoms with E-state index in [1.807, 2.05) is 0 Å². The molecule has 2 fully saturated rings. The number of ether oxygens (including phenoxy) is 1. The number of nitrogens with zero attached hydrogens (tertiary/aromatic N) is 3. The number of aliphatic hydroxyl groups excluding tert-OH is 1. The molecule has 0 spiro atoms. The second-order valence-corrected chi connectivity index (χ2v) is 7.78. The van der Waals surface area contributed by atoms with Gasteiger partial charge >= 0.3 is 6.18 Å². The Hall–Kier alpha value is -2.17. The van der Waals surface area contributed by atoms with E-state index in [4.69, 9.17) is 16.3 Å². The maximum absolute atomic E-state index is 13.1. The lowest BCUT2D eigenvalue weighted by Gasteiger charge is -2.29. The number of aryl methyl sites for hydroxylation is 2. The van der Waals surface area contributed by atoms with E-state index in [2.05, 4.69) is 15.4 Å². The first-order chi connectivity index (χ1) is 13.6. The van der Waals surface area contributed by atoms with Crippen molar-refractivity contribution in [2.24, 2.45) is 13.0 Å². The third-order valence-electron chi connectivity index (χ3n) is 5.45. The Bertz CT molecular complexity index is 964. The zero-order valence-corrected chi connectivity index (χ0v) is 16.2. The molecule has 29 heavy (non-hydrogen) atoms. The molecule has 4 rings (SSSR count). The fourth-order valence-corrected chi connectivity index (χ4v) is 4.50. The summed E-state index contributed by atoms with van der Waals surface area (Å²) in [5, 5.41) is 16.4. The number of amides is 1. The second-order valence-electron chi connectivity index (χ2n) is 7.37. The van der Waals surface area contributed by atoms with Gasteiger partial charge in [-0.25, -0.2) is 4.98 Å². The highest BCUT2D eigenvalue weighted by atomic mass is 35.5. The predicted molar refractivity (Wildman–Crippen MR) is 96.3 cm³/mol. The van der Waals surface area contributed by atoms with Crippen LogP contribution in [0.1, 0.15) is 29.2 Å². The van der Waals surface area contributed by atoms with Crippen LogP contribution in [0.25, 0.3) is 0 Å². The number of nitrogens with one attached hydrogen (secondary N) is 1. The molecule has 7 nitrogen and oxygen atoms in total. The largest absolute Gasteiger partial charge is 0.418 e. The maximum atomic E-state index is 13.1. The first-order valence-corrected chi connectivity index (χ1v) is 9.31. The van der Waals surface area contributed by atoms with Crippen LogP contribution in [-0.4, -0.2) is 44.1 Å². The number of hydrogen-bond donors (Lipinski definition) is 2. The van der Waals surface area contributed by atoms with Gasteiger partial charge in [0.2, 0.25) is 5.91 Å². The molecular weight excluding hydrogens is 413 g/mol. The number of fused-ring (bicyclic) bond motifs is 2. The van der Waals surface area contributed by atoms with Gasteiger partial charge in [-0.1, -0.05) is 11.6 Å². The van der Waals surface area contributed by atoms with E-state index in [1.54, 1.807) is 24.9 Å². The Morgan fingerprint density at radius 1 is 1.45 bits per heavy atom. The number of anilines is 1. The van der Waals surface area contributed by atoms with E-state index in [-0.39, 0.29) is 12.2 Å². The Kier molecular flexibility index (Phi) is 4.83. The van der Waals surface area contributed by atoms with E-state index in [0.29, 0.717) is 11.8 Å². The third-order valence-corrected chi connectivity index (χ3v) is 5.75. The van der Waals surface area contributed by atoms with Crippen LogP contribution in [0.4, 0.5) is 19.0 Å². The summed E-state index contributed by atoms with van der Waals surface area (Å²) < 4.78 is 46.7. The first kappa shape index (κ1) is 20.1. The van der Waals surface area contributed by atoms with Gasteiger partial charge in [0.25, 0.3) is 0 Å².